The molecule has 5 rings (SSSR count). The molecule has 10 heteroatoms. The number of thioether (sulfide) groups is 1. The Hall–Kier alpha value is -3.32. The highest BCUT2D eigenvalue weighted by molar-refractivity contribution is 7.99. The molecule has 1 aliphatic carbocycles. The Morgan fingerprint density at radius 2 is 1.79 bits per heavy atom. The van der Waals surface area contributed by atoms with Crippen molar-refractivity contribution in [3.8, 4) is 29.0 Å². The van der Waals surface area contributed by atoms with E-state index in [-0.39, 0.29) is 10.9 Å². The number of aryl methyl sites for hydroxylation is 1. The number of pyridine rings is 1. The molecule has 3 aromatic heterocycles. The summed E-state index contributed by atoms with van der Waals surface area (Å²) in [4.78, 5) is 13.4. The SMILES string of the molecule is CCSc1c(-c2nc3cc(C(F)(F)F)cnc3n2C)nc(-c2ccc(C3(C#N)CC3)cc2)n1C. The Morgan fingerprint density at radius 1 is 1.09 bits per heavy atom. The molecule has 0 spiro atoms. The summed E-state index contributed by atoms with van der Waals surface area (Å²) in [7, 11) is 3.64. The summed E-state index contributed by atoms with van der Waals surface area (Å²) < 4.78 is 43.2. The average molecular weight is 483 g/mol. The highest BCUT2D eigenvalue weighted by Crippen LogP contribution is 2.47. The molecule has 174 valence electrons. The Labute approximate surface area is 198 Å². The second kappa shape index (κ2) is 7.87. The summed E-state index contributed by atoms with van der Waals surface area (Å²) in [5.74, 6) is 1.96. The van der Waals surface area contributed by atoms with Crippen molar-refractivity contribution in [2.45, 2.75) is 36.4 Å². The van der Waals surface area contributed by atoms with E-state index in [0.717, 1.165) is 52.8 Å². The van der Waals surface area contributed by atoms with E-state index in [1.54, 1.807) is 23.4 Å². The quantitative estimate of drug-likeness (QED) is 0.340. The van der Waals surface area contributed by atoms with Crippen LogP contribution in [-0.4, -0.2) is 29.8 Å². The van der Waals surface area contributed by atoms with E-state index in [0.29, 0.717) is 17.2 Å². The first kappa shape index (κ1) is 22.5. The predicted molar refractivity (Wildman–Crippen MR) is 124 cm³/mol. The molecule has 0 unspecified atom stereocenters. The lowest BCUT2D eigenvalue weighted by molar-refractivity contribution is -0.137. The van der Waals surface area contributed by atoms with Gasteiger partial charge in [0.15, 0.2) is 11.5 Å². The van der Waals surface area contributed by atoms with Crippen molar-refractivity contribution in [3.05, 3.63) is 47.7 Å². The second-order valence-electron chi connectivity index (χ2n) is 8.41. The van der Waals surface area contributed by atoms with Crippen LogP contribution < -0.4 is 0 Å². The van der Waals surface area contributed by atoms with Crippen LogP contribution >= 0.6 is 11.8 Å². The van der Waals surface area contributed by atoms with Crippen molar-refractivity contribution in [2.75, 3.05) is 5.75 Å². The Bertz CT molecular complexity index is 1440. The van der Waals surface area contributed by atoms with Gasteiger partial charge < -0.3 is 9.13 Å². The topological polar surface area (TPSA) is 72.3 Å². The van der Waals surface area contributed by atoms with E-state index in [4.69, 9.17) is 4.98 Å². The lowest BCUT2D eigenvalue weighted by Crippen LogP contribution is -2.05. The Kier molecular flexibility index (Phi) is 5.20. The van der Waals surface area contributed by atoms with Gasteiger partial charge in [0.05, 0.1) is 17.0 Å². The lowest BCUT2D eigenvalue weighted by atomic mass is 9.96. The van der Waals surface area contributed by atoms with Gasteiger partial charge in [-0.2, -0.15) is 18.4 Å². The minimum Gasteiger partial charge on any atom is -0.322 e. The van der Waals surface area contributed by atoms with Gasteiger partial charge in [-0.1, -0.05) is 31.2 Å². The van der Waals surface area contributed by atoms with E-state index >= 15 is 0 Å². The zero-order valence-corrected chi connectivity index (χ0v) is 19.6. The number of hydrogen-bond acceptors (Lipinski definition) is 5. The van der Waals surface area contributed by atoms with Crippen LogP contribution in [0.2, 0.25) is 0 Å². The van der Waals surface area contributed by atoms with Gasteiger partial charge in [0, 0.05) is 25.9 Å². The van der Waals surface area contributed by atoms with Crippen LogP contribution in [0.3, 0.4) is 0 Å². The number of aromatic nitrogens is 5. The molecular formula is C24H21F3N6S. The predicted octanol–water partition coefficient (Wildman–Crippen LogP) is 5.72. The molecule has 1 fully saturated rings. The third-order valence-electron chi connectivity index (χ3n) is 6.23. The van der Waals surface area contributed by atoms with Gasteiger partial charge in [0.1, 0.15) is 22.1 Å². The Morgan fingerprint density at radius 3 is 2.38 bits per heavy atom. The number of imidazole rings is 2. The van der Waals surface area contributed by atoms with E-state index in [9.17, 15) is 18.4 Å². The molecule has 1 saturated carbocycles. The molecule has 0 bridgehead atoms. The molecule has 3 heterocycles. The van der Waals surface area contributed by atoms with E-state index in [2.05, 4.69) is 16.0 Å². The van der Waals surface area contributed by atoms with Crippen LogP contribution in [0.15, 0.2) is 41.6 Å². The van der Waals surface area contributed by atoms with Gasteiger partial charge in [0.2, 0.25) is 0 Å². The fraction of sp³-hybridized carbons (Fsp3) is 0.333. The maximum atomic E-state index is 13.2. The van der Waals surface area contributed by atoms with Crippen molar-refractivity contribution in [1.82, 2.24) is 24.1 Å². The number of alkyl halides is 3. The van der Waals surface area contributed by atoms with Crippen molar-refractivity contribution in [3.63, 3.8) is 0 Å². The van der Waals surface area contributed by atoms with Crippen LogP contribution in [0.1, 0.15) is 30.9 Å². The van der Waals surface area contributed by atoms with Crippen molar-refractivity contribution in [2.24, 2.45) is 14.1 Å². The normalized spacial score (nSPS) is 15.0. The number of benzene rings is 1. The minimum atomic E-state index is -4.49. The van der Waals surface area contributed by atoms with Gasteiger partial charge >= 0.3 is 6.18 Å². The molecule has 0 saturated heterocycles. The van der Waals surface area contributed by atoms with Crippen LogP contribution in [0.4, 0.5) is 13.2 Å². The maximum Gasteiger partial charge on any atom is 0.417 e. The molecule has 0 aliphatic heterocycles. The van der Waals surface area contributed by atoms with Gasteiger partial charge in [-0.05, 0) is 30.2 Å². The van der Waals surface area contributed by atoms with E-state index in [1.807, 2.05) is 42.8 Å². The van der Waals surface area contributed by atoms with Crippen molar-refractivity contribution < 1.29 is 13.2 Å². The van der Waals surface area contributed by atoms with E-state index in [1.165, 1.54) is 0 Å². The standard InChI is InChI=1S/C24H21F3N6S/c1-4-34-22-18(21-30-17-11-16(24(25,26)27)12-29-20(17)32(21)2)31-19(33(22)3)14-5-7-15(8-6-14)23(13-28)9-10-23/h5-8,11-12H,4,9-10H2,1-3H3. The highest BCUT2D eigenvalue weighted by Gasteiger charge is 2.44. The molecule has 1 aliphatic rings. The largest absolute Gasteiger partial charge is 0.417 e. The summed E-state index contributed by atoms with van der Waals surface area (Å²) in [5.41, 5.74) is 1.84. The summed E-state index contributed by atoms with van der Waals surface area (Å²) >= 11 is 1.59. The summed E-state index contributed by atoms with van der Waals surface area (Å²) in [6, 6.07) is 11.3. The van der Waals surface area contributed by atoms with Gasteiger partial charge in [0.25, 0.3) is 0 Å². The van der Waals surface area contributed by atoms with Gasteiger partial charge in [-0.3, -0.25) is 0 Å². The molecule has 0 N–H and O–H groups in total. The number of halogens is 3. The molecular weight excluding hydrogens is 461 g/mol. The molecule has 0 amide bonds. The number of nitrogens with zero attached hydrogens (tertiary/aromatic N) is 6. The smallest absolute Gasteiger partial charge is 0.322 e. The first-order valence-electron chi connectivity index (χ1n) is 10.8. The zero-order chi connectivity index (χ0) is 24.3. The zero-order valence-electron chi connectivity index (χ0n) is 18.8. The maximum absolute atomic E-state index is 13.2. The van der Waals surface area contributed by atoms with Crippen LogP contribution in [0, 0.1) is 11.3 Å². The van der Waals surface area contributed by atoms with Crippen LogP contribution in [0.25, 0.3) is 34.1 Å². The number of hydrogen-bond donors (Lipinski definition) is 0. The van der Waals surface area contributed by atoms with Crippen molar-refractivity contribution >= 4 is 22.9 Å². The number of fused-ring (bicyclic) bond motifs is 1. The van der Waals surface area contributed by atoms with Crippen LogP contribution in [-0.2, 0) is 25.7 Å². The Balaban J connectivity index is 1.61. The molecule has 1 aromatic carbocycles. The molecule has 0 radical (unpaired) electrons. The number of rotatable bonds is 5. The molecule has 0 atom stereocenters. The second-order valence-corrected chi connectivity index (χ2v) is 9.66. The third kappa shape index (κ3) is 3.55. The third-order valence-corrected chi connectivity index (χ3v) is 7.26. The number of nitriles is 1. The van der Waals surface area contributed by atoms with Gasteiger partial charge in [-0.25, -0.2) is 15.0 Å². The molecule has 34 heavy (non-hydrogen) atoms. The highest BCUT2D eigenvalue weighted by atomic mass is 32.2. The average Bonchev–Trinajstić information content (AvgIpc) is 3.47. The van der Waals surface area contributed by atoms with Gasteiger partial charge in [-0.15, -0.1) is 11.8 Å². The first-order chi connectivity index (χ1) is 16.2. The summed E-state index contributed by atoms with van der Waals surface area (Å²) in [6.07, 6.45) is -1.90. The molecule has 6 nitrogen and oxygen atoms in total. The monoisotopic (exact) mass is 482 g/mol. The summed E-state index contributed by atoms with van der Waals surface area (Å²) in [6.45, 7) is 2.03. The van der Waals surface area contributed by atoms with Crippen molar-refractivity contribution in [1.29, 1.82) is 5.26 Å². The lowest BCUT2D eigenvalue weighted by Gasteiger charge is -2.08. The fourth-order valence-corrected chi connectivity index (χ4v) is 4.99. The van der Waals surface area contributed by atoms with E-state index < -0.39 is 11.7 Å². The summed E-state index contributed by atoms with van der Waals surface area (Å²) in [5, 5.41) is 10.3. The fourth-order valence-electron chi connectivity index (χ4n) is 4.16. The first-order valence-corrected chi connectivity index (χ1v) is 11.8. The minimum absolute atomic E-state index is 0.169. The molecule has 4 aromatic rings. The van der Waals surface area contributed by atoms with Crippen LogP contribution in [0.5, 0.6) is 0 Å².